The van der Waals surface area contributed by atoms with E-state index in [2.05, 4.69) is 5.32 Å². The molecule has 0 aromatic heterocycles. The van der Waals surface area contributed by atoms with Crippen LogP contribution in [-0.4, -0.2) is 23.2 Å². The van der Waals surface area contributed by atoms with Crippen LogP contribution in [0.4, 0.5) is 5.69 Å². The van der Waals surface area contributed by atoms with E-state index in [0.717, 1.165) is 5.56 Å². The van der Waals surface area contributed by atoms with Gasteiger partial charge in [0.1, 0.15) is 0 Å². The second-order valence-corrected chi connectivity index (χ2v) is 5.64. The number of hydrogen-bond donors (Lipinski definition) is 1. The van der Waals surface area contributed by atoms with E-state index < -0.39 is 17.3 Å². The molecule has 6 nitrogen and oxygen atoms in total. The number of ketones is 1. The number of rotatable bonds is 6. The van der Waals surface area contributed by atoms with Gasteiger partial charge >= 0.3 is 0 Å². The summed E-state index contributed by atoms with van der Waals surface area (Å²) in [5, 5.41) is 13.3. The lowest BCUT2D eigenvalue weighted by Gasteiger charge is -2.13. The molecule has 1 N–H and O–H groups in total. The van der Waals surface area contributed by atoms with E-state index in [0.29, 0.717) is 5.69 Å². The van der Waals surface area contributed by atoms with Gasteiger partial charge in [-0.3, -0.25) is 19.7 Å². The third kappa shape index (κ3) is 4.39. The number of benzene rings is 2. The first-order valence-electron chi connectivity index (χ1n) is 7.19. The number of nitrogens with one attached hydrogen (secondary N) is 1. The van der Waals surface area contributed by atoms with Gasteiger partial charge < -0.3 is 5.32 Å². The molecule has 2 rings (SSSR count). The largest absolute Gasteiger partial charge is 0.326 e. The molecule has 124 valence electrons. The lowest BCUT2D eigenvalue weighted by Crippen LogP contribution is -2.19. The van der Waals surface area contributed by atoms with Crippen LogP contribution in [0.1, 0.15) is 28.8 Å². The summed E-state index contributed by atoms with van der Waals surface area (Å²) in [7, 11) is 0. The van der Waals surface area contributed by atoms with Gasteiger partial charge in [0.2, 0.25) is 11.7 Å². The van der Waals surface area contributed by atoms with Crippen molar-refractivity contribution in [3.05, 3.63) is 74.8 Å². The third-order valence-electron chi connectivity index (χ3n) is 3.50. The van der Waals surface area contributed by atoms with Crippen molar-refractivity contribution in [3.8, 4) is 0 Å². The monoisotopic (exact) mass is 346 g/mol. The fraction of sp³-hybridized carbons (Fsp3) is 0.176. The number of nitro groups is 1. The van der Waals surface area contributed by atoms with E-state index in [9.17, 15) is 19.7 Å². The summed E-state index contributed by atoms with van der Waals surface area (Å²) >= 11 is 5.91. The molecular formula is C17H15ClN2O4. The summed E-state index contributed by atoms with van der Waals surface area (Å²) in [6.07, 6.45) is 0. The first-order valence-corrected chi connectivity index (χ1v) is 7.56. The summed E-state index contributed by atoms with van der Waals surface area (Å²) in [5.74, 6) is -1.35. The smallest absolute Gasteiger partial charge is 0.265 e. The molecule has 0 aliphatic carbocycles. The SMILES string of the molecule is CC(C(=O)Nc1ccc(Cl)c(C(=O)C[N+](=O)[O-])c1)c1ccccc1. The van der Waals surface area contributed by atoms with Gasteiger partial charge in [-0.1, -0.05) is 41.9 Å². The molecule has 0 heterocycles. The molecule has 0 spiro atoms. The molecule has 0 radical (unpaired) electrons. The van der Waals surface area contributed by atoms with Gasteiger partial charge in [-0.05, 0) is 30.7 Å². The maximum atomic E-state index is 12.3. The zero-order valence-corrected chi connectivity index (χ0v) is 13.6. The number of amides is 1. The standard InChI is InChI=1S/C17H15ClN2O4/c1-11(12-5-3-2-4-6-12)17(22)19-13-7-8-15(18)14(9-13)16(21)10-20(23)24/h2-9,11H,10H2,1H3,(H,19,22). The van der Waals surface area contributed by atoms with Crippen LogP contribution in [0.2, 0.25) is 5.02 Å². The van der Waals surface area contributed by atoms with Crippen LogP contribution in [0.25, 0.3) is 0 Å². The van der Waals surface area contributed by atoms with Gasteiger partial charge in [0, 0.05) is 16.2 Å². The average Bonchev–Trinajstić information content (AvgIpc) is 2.56. The van der Waals surface area contributed by atoms with Crippen LogP contribution in [0, 0.1) is 10.1 Å². The second kappa shape index (κ2) is 7.70. The van der Waals surface area contributed by atoms with E-state index in [-0.39, 0.29) is 22.4 Å². The Balaban J connectivity index is 2.16. The molecule has 0 bridgehead atoms. The zero-order valence-electron chi connectivity index (χ0n) is 12.9. The predicted octanol–water partition coefficient (Wildman–Crippen LogP) is 3.54. The highest BCUT2D eigenvalue weighted by molar-refractivity contribution is 6.34. The Morgan fingerprint density at radius 1 is 1.21 bits per heavy atom. The van der Waals surface area contributed by atoms with Crippen molar-refractivity contribution in [2.75, 3.05) is 11.9 Å². The highest BCUT2D eigenvalue weighted by atomic mass is 35.5. The summed E-state index contributed by atoms with van der Waals surface area (Å²) in [6.45, 7) is 0.914. The van der Waals surface area contributed by atoms with Crippen molar-refractivity contribution in [1.82, 2.24) is 0 Å². The van der Waals surface area contributed by atoms with Gasteiger partial charge in [0.05, 0.1) is 10.9 Å². The first kappa shape index (κ1) is 17.6. The first-order chi connectivity index (χ1) is 11.4. The van der Waals surface area contributed by atoms with E-state index >= 15 is 0 Å². The van der Waals surface area contributed by atoms with Crippen LogP contribution < -0.4 is 5.32 Å². The minimum atomic E-state index is -0.850. The molecule has 1 atom stereocenters. The number of halogens is 1. The van der Waals surface area contributed by atoms with Crippen molar-refractivity contribution in [2.24, 2.45) is 0 Å². The lowest BCUT2D eigenvalue weighted by atomic mass is 10.0. The molecule has 0 aliphatic heterocycles. The van der Waals surface area contributed by atoms with Crippen LogP contribution in [0.5, 0.6) is 0 Å². The molecule has 2 aromatic rings. The second-order valence-electron chi connectivity index (χ2n) is 5.23. The maximum absolute atomic E-state index is 12.3. The highest BCUT2D eigenvalue weighted by Crippen LogP contribution is 2.23. The topological polar surface area (TPSA) is 89.3 Å². The van der Waals surface area contributed by atoms with Crippen molar-refractivity contribution in [1.29, 1.82) is 0 Å². The van der Waals surface area contributed by atoms with E-state index in [4.69, 9.17) is 11.6 Å². The third-order valence-corrected chi connectivity index (χ3v) is 3.83. The van der Waals surface area contributed by atoms with Gasteiger partial charge in [-0.15, -0.1) is 0 Å². The fourth-order valence-corrected chi connectivity index (χ4v) is 2.39. The van der Waals surface area contributed by atoms with Gasteiger partial charge in [-0.2, -0.15) is 0 Å². The number of Topliss-reactive ketones (excluding diaryl/α,β-unsaturated/α-hetero) is 1. The highest BCUT2D eigenvalue weighted by Gasteiger charge is 2.19. The number of carbonyl (C=O) groups is 2. The Labute approximate surface area is 143 Å². The van der Waals surface area contributed by atoms with Crippen molar-refractivity contribution in [2.45, 2.75) is 12.8 Å². The fourth-order valence-electron chi connectivity index (χ4n) is 2.16. The van der Waals surface area contributed by atoms with Crippen molar-refractivity contribution < 1.29 is 14.5 Å². The number of hydrogen-bond acceptors (Lipinski definition) is 4. The molecule has 0 saturated heterocycles. The normalized spacial score (nSPS) is 11.6. The molecule has 1 amide bonds. The van der Waals surface area contributed by atoms with Gasteiger partial charge in [0.25, 0.3) is 6.54 Å². The van der Waals surface area contributed by atoms with Crippen LogP contribution in [0.15, 0.2) is 48.5 Å². The summed E-state index contributed by atoms with van der Waals surface area (Å²) in [4.78, 5) is 33.9. The predicted molar refractivity (Wildman–Crippen MR) is 91.1 cm³/mol. The Morgan fingerprint density at radius 3 is 2.50 bits per heavy atom. The zero-order chi connectivity index (χ0) is 17.7. The molecule has 24 heavy (non-hydrogen) atoms. The minimum absolute atomic E-state index is 0.0125. The number of anilines is 1. The molecule has 0 aliphatic rings. The number of carbonyl (C=O) groups excluding carboxylic acids is 2. The van der Waals surface area contributed by atoms with Crippen LogP contribution >= 0.6 is 11.6 Å². The van der Waals surface area contributed by atoms with Gasteiger partial charge in [0.15, 0.2) is 0 Å². The lowest BCUT2D eigenvalue weighted by molar-refractivity contribution is -0.465. The van der Waals surface area contributed by atoms with Gasteiger partial charge in [-0.25, -0.2) is 0 Å². The maximum Gasteiger partial charge on any atom is 0.265 e. The van der Waals surface area contributed by atoms with Crippen LogP contribution in [0.3, 0.4) is 0 Å². The Morgan fingerprint density at radius 2 is 1.88 bits per heavy atom. The van der Waals surface area contributed by atoms with Crippen LogP contribution in [-0.2, 0) is 4.79 Å². The summed E-state index contributed by atoms with van der Waals surface area (Å²) < 4.78 is 0. The van der Waals surface area contributed by atoms with E-state index in [1.54, 1.807) is 13.0 Å². The van der Waals surface area contributed by atoms with E-state index in [1.165, 1.54) is 12.1 Å². The minimum Gasteiger partial charge on any atom is -0.326 e. The molecule has 2 aromatic carbocycles. The van der Waals surface area contributed by atoms with Crippen molar-refractivity contribution in [3.63, 3.8) is 0 Å². The molecule has 0 fully saturated rings. The molecule has 7 heteroatoms. The quantitative estimate of drug-likeness (QED) is 0.492. The average molecular weight is 347 g/mol. The Bertz CT molecular complexity index is 777. The Hall–Kier alpha value is -2.73. The summed E-state index contributed by atoms with van der Waals surface area (Å²) in [6, 6.07) is 13.6. The molecule has 1 unspecified atom stereocenters. The molecular weight excluding hydrogens is 332 g/mol. The van der Waals surface area contributed by atoms with E-state index in [1.807, 2.05) is 30.3 Å². The summed E-state index contributed by atoms with van der Waals surface area (Å²) in [5.41, 5.74) is 1.23. The Kier molecular flexibility index (Phi) is 5.65. The number of nitrogens with zero attached hydrogens (tertiary/aromatic N) is 1. The van der Waals surface area contributed by atoms with Crippen molar-refractivity contribution >= 4 is 29.0 Å². The molecule has 0 saturated carbocycles.